The highest BCUT2D eigenvalue weighted by molar-refractivity contribution is 5.65. The summed E-state index contributed by atoms with van der Waals surface area (Å²) in [6.07, 6.45) is 1.65. The van der Waals surface area contributed by atoms with Gasteiger partial charge in [-0.1, -0.05) is 0 Å². The molecule has 0 saturated carbocycles. The minimum absolute atomic E-state index is 0.150. The van der Waals surface area contributed by atoms with Gasteiger partial charge in [0.2, 0.25) is 11.9 Å². The highest BCUT2D eigenvalue weighted by Gasteiger charge is 2.26. The van der Waals surface area contributed by atoms with E-state index in [1.807, 2.05) is 13.8 Å². The second-order valence-corrected chi connectivity index (χ2v) is 7.23. The molecule has 25 heavy (non-hydrogen) atoms. The van der Waals surface area contributed by atoms with Crippen LogP contribution in [-0.2, 0) is 0 Å². The van der Waals surface area contributed by atoms with Gasteiger partial charge in [0.1, 0.15) is 11.9 Å². The van der Waals surface area contributed by atoms with Crippen LogP contribution >= 0.6 is 0 Å². The van der Waals surface area contributed by atoms with Crippen molar-refractivity contribution in [3.8, 4) is 0 Å². The molecule has 2 heterocycles. The van der Waals surface area contributed by atoms with Crippen molar-refractivity contribution in [2.45, 2.75) is 57.7 Å². The topological polar surface area (TPSA) is 86.2 Å². The summed E-state index contributed by atoms with van der Waals surface area (Å²) >= 11 is 0. The Labute approximate surface area is 147 Å². The number of aliphatic hydroxyl groups excluding tert-OH is 1. The maximum atomic E-state index is 14.4. The van der Waals surface area contributed by atoms with Crippen molar-refractivity contribution >= 4 is 17.5 Å². The Morgan fingerprint density at radius 3 is 2.64 bits per heavy atom. The van der Waals surface area contributed by atoms with E-state index >= 15 is 0 Å². The third-order valence-electron chi connectivity index (χ3n) is 4.53. The van der Waals surface area contributed by atoms with Gasteiger partial charge >= 0.3 is 0 Å². The number of aromatic nitrogens is 3. The van der Waals surface area contributed by atoms with Gasteiger partial charge in [-0.05, 0) is 53.1 Å². The molecule has 3 N–H and O–H groups in total. The van der Waals surface area contributed by atoms with Gasteiger partial charge in [-0.25, -0.2) is 4.39 Å². The van der Waals surface area contributed by atoms with Gasteiger partial charge in [0.05, 0.1) is 0 Å². The lowest BCUT2D eigenvalue weighted by molar-refractivity contribution is 0.165. The summed E-state index contributed by atoms with van der Waals surface area (Å²) in [5.74, 6) is 0.672. The molecule has 8 heteroatoms. The SMILES string of the molecule is CC(C)Nc1nc(N[C@@H]2CCN(C)C2)nc(C2=C(F)C(O)CCC2)n1. The van der Waals surface area contributed by atoms with Gasteiger partial charge < -0.3 is 20.6 Å². The number of likely N-dealkylation sites (N-methyl/N-ethyl adjacent to an activating group) is 1. The zero-order chi connectivity index (χ0) is 18.0. The number of hydrogen-bond donors (Lipinski definition) is 3. The van der Waals surface area contributed by atoms with Crippen molar-refractivity contribution in [3.63, 3.8) is 0 Å². The summed E-state index contributed by atoms with van der Waals surface area (Å²) in [4.78, 5) is 15.5. The number of hydrogen-bond acceptors (Lipinski definition) is 7. The van der Waals surface area contributed by atoms with E-state index in [9.17, 15) is 9.50 Å². The van der Waals surface area contributed by atoms with Crippen LogP contribution in [0.25, 0.3) is 5.57 Å². The van der Waals surface area contributed by atoms with Crippen molar-refractivity contribution in [1.82, 2.24) is 19.9 Å². The maximum absolute atomic E-state index is 14.4. The van der Waals surface area contributed by atoms with Gasteiger partial charge in [0, 0.05) is 24.2 Å². The molecule has 1 saturated heterocycles. The standard InChI is InChI=1S/C17H27FN6O/c1-10(2)19-16-21-15(12-5-4-6-13(25)14(12)18)22-17(23-16)20-11-7-8-24(3)9-11/h10-11,13,25H,4-9H2,1-3H3,(H2,19,20,21,22,23)/t11-,13?/m1/s1. The lowest BCUT2D eigenvalue weighted by Crippen LogP contribution is -2.26. The van der Waals surface area contributed by atoms with Crippen molar-refractivity contribution in [3.05, 3.63) is 11.7 Å². The normalized spacial score (nSPS) is 24.9. The maximum Gasteiger partial charge on any atom is 0.228 e. The number of likely N-dealkylation sites (tertiary alicyclic amines) is 1. The number of halogens is 1. The van der Waals surface area contributed by atoms with Crippen molar-refractivity contribution in [2.24, 2.45) is 0 Å². The van der Waals surface area contributed by atoms with Gasteiger partial charge in [0.25, 0.3) is 0 Å². The van der Waals surface area contributed by atoms with Gasteiger partial charge in [-0.2, -0.15) is 15.0 Å². The van der Waals surface area contributed by atoms with Crippen LogP contribution in [0.15, 0.2) is 5.83 Å². The van der Waals surface area contributed by atoms with Crippen molar-refractivity contribution in [1.29, 1.82) is 0 Å². The lowest BCUT2D eigenvalue weighted by Gasteiger charge is -2.20. The Kier molecular flexibility index (Phi) is 5.48. The summed E-state index contributed by atoms with van der Waals surface area (Å²) in [6, 6.07) is 0.416. The minimum atomic E-state index is -1.05. The number of rotatable bonds is 5. The number of nitrogens with one attached hydrogen (secondary N) is 2. The number of aliphatic hydroxyl groups is 1. The minimum Gasteiger partial charge on any atom is -0.386 e. The molecule has 1 aliphatic carbocycles. The first-order valence-corrected chi connectivity index (χ1v) is 8.97. The highest BCUT2D eigenvalue weighted by atomic mass is 19.1. The smallest absolute Gasteiger partial charge is 0.228 e. The monoisotopic (exact) mass is 350 g/mol. The van der Waals surface area contributed by atoms with Crippen molar-refractivity contribution in [2.75, 3.05) is 30.8 Å². The zero-order valence-electron chi connectivity index (χ0n) is 15.1. The number of nitrogens with zero attached hydrogens (tertiary/aromatic N) is 4. The molecule has 1 aromatic heterocycles. The van der Waals surface area contributed by atoms with E-state index in [2.05, 4.69) is 37.5 Å². The summed E-state index contributed by atoms with van der Waals surface area (Å²) in [5.41, 5.74) is 0.388. The largest absolute Gasteiger partial charge is 0.386 e. The molecule has 0 aromatic carbocycles. The number of anilines is 2. The van der Waals surface area contributed by atoms with E-state index in [0.717, 1.165) is 25.9 Å². The lowest BCUT2D eigenvalue weighted by atomic mass is 9.96. The van der Waals surface area contributed by atoms with E-state index in [0.29, 0.717) is 36.1 Å². The third kappa shape index (κ3) is 4.43. The predicted octanol–water partition coefficient (Wildman–Crippen LogP) is 2.03. The summed E-state index contributed by atoms with van der Waals surface area (Å²) in [6.45, 7) is 5.93. The van der Waals surface area contributed by atoms with Crippen molar-refractivity contribution < 1.29 is 9.50 Å². The van der Waals surface area contributed by atoms with Crippen LogP contribution in [0.3, 0.4) is 0 Å². The fraction of sp³-hybridized carbons (Fsp3) is 0.706. The molecular weight excluding hydrogens is 323 g/mol. The first-order valence-electron chi connectivity index (χ1n) is 8.97. The number of allylic oxidation sites excluding steroid dienone is 1. The second-order valence-electron chi connectivity index (χ2n) is 7.23. The second kappa shape index (κ2) is 7.61. The Bertz CT molecular complexity index is 650. The molecule has 0 radical (unpaired) electrons. The molecule has 2 atom stereocenters. The fourth-order valence-corrected chi connectivity index (χ4v) is 3.27. The first kappa shape index (κ1) is 18.0. The molecule has 1 fully saturated rings. The molecule has 1 aromatic rings. The van der Waals surface area contributed by atoms with Crippen LogP contribution in [0.1, 0.15) is 45.4 Å². The Morgan fingerprint density at radius 1 is 1.20 bits per heavy atom. The molecule has 138 valence electrons. The molecule has 0 amide bonds. The Hall–Kier alpha value is -1.80. The van der Waals surface area contributed by atoms with Crippen LogP contribution in [0.2, 0.25) is 0 Å². The Morgan fingerprint density at radius 2 is 1.96 bits per heavy atom. The molecule has 1 aliphatic heterocycles. The summed E-state index contributed by atoms with van der Waals surface area (Å²) in [7, 11) is 2.08. The molecule has 7 nitrogen and oxygen atoms in total. The molecule has 3 rings (SSSR count). The van der Waals surface area contributed by atoms with Crippen LogP contribution in [0, 0.1) is 0 Å². The summed E-state index contributed by atoms with van der Waals surface area (Å²) < 4.78 is 14.4. The molecule has 1 unspecified atom stereocenters. The fourth-order valence-electron chi connectivity index (χ4n) is 3.27. The third-order valence-corrected chi connectivity index (χ3v) is 4.53. The quantitative estimate of drug-likeness (QED) is 0.749. The average Bonchev–Trinajstić information content (AvgIpc) is 2.94. The van der Waals surface area contributed by atoms with Gasteiger partial charge in [-0.15, -0.1) is 0 Å². The zero-order valence-corrected chi connectivity index (χ0v) is 15.1. The van der Waals surface area contributed by atoms with Crippen LogP contribution in [-0.4, -0.2) is 63.3 Å². The average molecular weight is 350 g/mol. The molecule has 0 spiro atoms. The Balaban J connectivity index is 1.91. The van der Waals surface area contributed by atoms with E-state index in [-0.39, 0.29) is 12.1 Å². The van der Waals surface area contributed by atoms with E-state index in [1.165, 1.54) is 0 Å². The van der Waals surface area contributed by atoms with E-state index in [1.54, 1.807) is 0 Å². The molecular formula is C17H27FN6O. The molecule has 0 bridgehead atoms. The van der Waals surface area contributed by atoms with Crippen LogP contribution < -0.4 is 10.6 Å². The molecule has 2 aliphatic rings. The van der Waals surface area contributed by atoms with E-state index < -0.39 is 11.9 Å². The predicted molar refractivity (Wildman–Crippen MR) is 96.0 cm³/mol. The van der Waals surface area contributed by atoms with Crippen LogP contribution in [0.4, 0.5) is 16.3 Å². The summed E-state index contributed by atoms with van der Waals surface area (Å²) in [5, 5.41) is 16.3. The van der Waals surface area contributed by atoms with Gasteiger partial charge in [0.15, 0.2) is 5.82 Å². The highest BCUT2D eigenvalue weighted by Crippen LogP contribution is 2.32. The van der Waals surface area contributed by atoms with Gasteiger partial charge in [-0.3, -0.25) is 0 Å². The van der Waals surface area contributed by atoms with Crippen LogP contribution in [0.5, 0.6) is 0 Å². The first-order chi connectivity index (χ1) is 11.9. The van der Waals surface area contributed by atoms with E-state index in [4.69, 9.17) is 0 Å².